The van der Waals surface area contributed by atoms with Crippen LogP contribution in [-0.4, -0.2) is 7.11 Å². The van der Waals surface area contributed by atoms with Gasteiger partial charge in [0, 0.05) is 26.2 Å². The van der Waals surface area contributed by atoms with Gasteiger partial charge < -0.3 is 4.74 Å². The number of hydrogen-bond donors (Lipinski definition) is 0. The predicted octanol–water partition coefficient (Wildman–Crippen LogP) is 5.32. The van der Waals surface area contributed by atoms with Gasteiger partial charge >= 0.3 is 0 Å². The summed E-state index contributed by atoms with van der Waals surface area (Å²) in [4.78, 5) is 0. The van der Waals surface area contributed by atoms with Crippen LogP contribution in [0.3, 0.4) is 0 Å². The second kappa shape index (κ2) is 5.18. The molecule has 0 amide bonds. The molecule has 0 saturated heterocycles. The van der Waals surface area contributed by atoms with Crippen LogP contribution in [0.25, 0.3) is 11.1 Å². The predicted molar refractivity (Wildman–Crippen MR) is 73.5 cm³/mol. The second-order valence-corrected chi connectivity index (χ2v) is 4.75. The van der Waals surface area contributed by atoms with Gasteiger partial charge in [0.15, 0.2) is 0 Å². The van der Waals surface area contributed by atoms with Crippen LogP contribution in [0.5, 0.6) is 5.75 Å². The van der Waals surface area contributed by atoms with E-state index in [1.807, 2.05) is 0 Å². The van der Waals surface area contributed by atoms with E-state index in [-0.39, 0.29) is 0 Å². The van der Waals surface area contributed by atoms with Crippen molar-refractivity contribution >= 4 is 34.8 Å². The number of halogens is 3. The number of benzene rings is 2. The molecule has 0 aliphatic carbocycles. The Balaban J connectivity index is 2.66. The number of hydrogen-bond acceptors (Lipinski definition) is 1. The van der Waals surface area contributed by atoms with Crippen molar-refractivity contribution in [3.8, 4) is 16.9 Å². The largest absolute Gasteiger partial charge is 0.496 e. The zero-order valence-electron chi connectivity index (χ0n) is 9.01. The highest BCUT2D eigenvalue weighted by molar-refractivity contribution is 6.35. The average molecular weight is 288 g/mol. The van der Waals surface area contributed by atoms with Crippen molar-refractivity contribution in [3.63, 3.8) is 0 Å². The zero-order chi connectivity index (χ0) is 12.4. The van der Waals surface area contributed by atoms with E-state index < -0.39 is 0 Å². The van der Waals surface area contributed by atoms with Crippen LogP contribution in [0.1, 0.15) is 0 Å². The molecule has 0 unspecified atom stereocenters. The first-order valence-electron chi connectivity index (χ1n) is 4.91. The lowest BCUT2D eigenvalue weighted by molar-refractivity contribution is 0.416. The van der Waals surface area contributed by atoms with E-state index in [1.165, 1.54) is 0 Å². The Labute approximate surface area is 115 Å². The van der Waals surface area contributed by atoms with Gasteiger partial charge in [-0.3, -0.25) is 0 Å². The smallest absolute Gasteiger partial charge is 0.126 e. The van der Waals surface area contributed by atoms with Crippen molar-refractivity contribution < 1.29 is 4.74 Å². The molecule has 17 heavy (non-hydrogen) atoms. The minimum absolute atomic E-state index is 0.606. The molecule has 0 aliphatic heterocycles. The Morgan fingerprint density at radius 2 is 1.41 bits per heavy atom. The molecule has 0 saturated carbocycles. The van der Waals surface area contributed by atoms with Crippen molar-refractivity contribution in [2.75, 3.05) is 7.11 Å². The van der Waals surface area contributed by atoms with Crippen LogP contribution >= 0.6 is 34.8 Å². The van der Waals surface area contributed by atoms with Crippen molar-refractivity contribution in [2.45, 2.75) is 0 Å². The molecule has 2 aromatic rings. The van der Waals surface area contributed by atoms with Crippen LogP contribution in [0.2, 0.25) is 15.1 Å². The third kappa shape index (κ3) is 2.68. The van der Waals surface area contributed by atoms with Gasteiger partial charge in [-0.1, -0.05) is 34.8 Å². The van der Waals surface area contributed by atoms with Crippen LogP contribution < -0.4 is 4.74 Å². The average Bonchev–Trinajstić information content (AvgIpc) is 2.32. The summed E-state index contributed by atoms with van der Waals surface area (Å²) in [6.07, 6.45) is 0. The molecule has 88 valence electrons. The molecule has 1 nitrogen and oxygen atoms in total. The van der Waals surface area contributed by atoms with Crippen molar-refractivity contribution in [1.29, 1.82) is 0 Å². The van der Waals surface area contributed by atoms with E-state index in [0.29, 0.717) is 20.8 Å². The first-order valence-corrected chi connectivity index (χ1v) is 6.04. The number of rotatable bonds is 2. The molecule has 0 fully saturated rings. The Hall–Kier alpha value is -0.890. The highest BCUT2D eigenvalue weighted by atomic mass is 35.5. The second-order valence-electron chi connectivity index (χ2n) is 3.47. The molecular weight excluding hydrogens is 279 g/mol. The Morgan fingerprint density at radius 1 is 0.824 bits per heavy atom. The van der Waals surface area contributed by atoms with E-state index in [2.05, 4.69) is 0 Å². The molecule has 0 N–H and O–H groups in total. The summed E-state index contributed by atoms with van der Waals surface area (Å²) in [6.45, 7) is 0. The lowest BCUT2D eigenvalue weighted by atomic mass is 10.0. The number of methoxy groups -OCH3 is 1. The summed E-state index contributed by atoms with van der Waals surface area (Å²) in [5.74, 6) is 0.707. The van der Waals surface area contributed by atoms with Gasteiger partial charge in [0.25, 0.3) is 0 Å². The summed E-state index contributed by atoms with van der Waals surface area (Å²) in [5.41, 5.74) is 1.63. The summed E-state index contributed by atoms with van der Waals surface area (Å²) in [7, 11) is 1.60. The molecule has 0 aliphatic rings. The lowest BCUT2D eigenvalue weighted by Gasteiger charge is -2.11. The maximum absolute atomic E-state index is 6.15. The van der Waals surface area contributed by atoms with Crippen LogP contribution in [-0.2, 0) is 0 Å². The fraction of sp³-hybridized carbons (Fsp3) is 0.0769. The summed E-state index contributed by atoms with van der Waals surface area (Å²) in [5, 5.41) is 1.85. The lowest BCUT2D eigenvalue weighted by Crippen LogP contribution is -1.88. The summed E-state index contributed by atoms with van der Waals surface area (Å²) >= 11 is 18.1. The molecule has 0 bridgehead atoms. The molecule has 0 aromatic heterocycles. The number of ether oxygens (including phenoxy) is 1. The quantitative estimate of drug-likeness (QED) is 0.726. The van der Waals surface area contributed by atoms with Gasteiger partial charge in [-0.25, -0.2) is 0 Å². The Morgan fingerprint density at radius 3 is 2.06 bits per heavy atom. The van der Waals surface area contributed by atoms with Crippen LogP contribution in [0.4, 0.5) is 0 Å². The van der Waals surface area contributed by atoms with Gasteiger partial charge in [-0.05, 0) is 36.4 Å². The molecule has 0 spiro atoms. The molecule has 4 heteroatoms. The Bertz CT molecular complexity index is 552. The monoisotopic (exact) mass is 286 g/mol. The van der Waals surface area contributed by atoms with E-state index in [1.54, 1.807) is 43.5 Å². The highest BCUT2D eigenvalue weighted by Gasteiger charge is 2.10. The fourth-order valence-electron chi connectivity index (χ4n) is 1.59. The van der Waals surface area contributed by atoms with Crippen LogP contribution in [0.15, 0.2) is 36.4 Å². The van der Waals surface area contributed by atoms with E-state index >= 15 is 0 Å². The van der Waals surface area contributed by atoms with E-state index in [0.717, 1.165) is 11.1 Å². The molecule has 0 atom stereocenters. The summed E-state index contributed by atoms with van der Waals surface area (Å²) < 4.78 is 5.29. The van der Waals surface area contributed by atoms with Gasteiger partial charge in [0.2, 0.25) is 0 Å². The Kier molecular flexibility index (Phi) is 3.82. The minimum atomic E-state index is 0.606. The van der Waals surface area contributed by atoms with Crippen molar-refractivity contribution in [3.05, 3.63) is 51.5 Å². The van der Waals surface area contributed by atoms with E-state index in [9.17, 15) is 0 Å². The van der Waals surface area contributed by atoms with Gasteiger partial charge in [0.1, 0.15) is 5.75 Å². The van der Waals surface area contributed by atoms with Crippen molar-refractivity contribution in [1.82, 2.24) is 0 Å². The van der Waals surface area contributed by atoms with E-state index in [4.69, 9.17) is 39.5 Å². The molecular formula is C13H9Cl3O. The van der Waals surface area contributed by atoms with Gasteiger partial charge in [-0.2, -0.15) is 0 Å². The maximum atomic E-state index is 6.15. The molecule has 2 rings (SSSR count). The first-order chi connectivity index (χ1) is 8.11. The maximum Gasteiger partial charge on any atom is 0.126 e. The molecule has 0 heterocycles. The van der Waals surface area contributed by atoms with Crippen molar-refractivity contribution in [2.24, 2.45) is 0 Å². The normalized spacial score (nSPS) is 10.4. The third-order valence-electron chi connectivity index (χ3n) is 2.38. The summed E-state index contributed by atoms with van der Waals surface area (Å²) in [6, 6.07) is 10.7. The zero-order valence-corrected chi connectivity index (χ0v) is 11.3. The first kappa shape index (κ1) is 12.6. The highest BCUT2D eigenvalue weighted by Crippen LogP contribution is 2.37. The van der Waals surface area contributed by atoms with Crippen LogP contribution in [0, 0.1) is 0 Å². The topological polar surface area (TPSA) is 9.23 Å². The standard InChI is InChI=1S/C13H9Cl3O/c1-17-13-5-3-9(15)7-11(13)10-6-8(14)2-4-12(10)16/h2-7H,1H3. The minimum Gasteiger partial charge on any atom is -0.496 e. The fourth-order valence-corrected chi connectivity index (χ4v) is 2.16. The third-order valence-corrected chi connectivity index (χ3v) is 3.18. The molecule has 0 radical (unpaired) electrons. The SMILES string of the molecule is COc1ccc(Cl)cc1-c1cc(Cl)ccc1Cl. The van der Waals surface area contributed by atoms with Gasteiger partial charge in [0.05, 0.1) is 7.11 Å². The molecule has 2 aromatic carbocycles. The van der Waals surface area contributed by atoms with Gasteiger partial charge in [-0.15, -0.1) is 0 Å².